The summed E-state index contributed by atoms with van der Waals surface area (Å²) in [6.07, 6.45) is 0.674. The molecule has 0 aromatic carbocycles. The molecule has 6 nitrogen and oxygen atoms in total. The third-order valence-corrected chi connectivity index (χ3v) is 3.84. The largest absolute Gasteiger partial charge is 0.343 e. The van der Waals surface area contributed by atoms with Crippen LogP contribution in [-0.4, -0.2) is 31.6 Å². The molecule has 0 aliphatic heterocycles. The van der Waals surface area contributed by atoms with E-state index in [-0.39, 0.29) is 17.0 Å². The molecule has 0 saturated carbocycles. The molecule has 19 heavy (non-hydrogen) atoms. The fourth-order valence-electron chi connectivity index (χ4n) is 2.01. The zero-order valence-electron chi connectivity index (χ0n) is 12.0. The minimum atomic E-state index is -0.574. The first-order chi connectivity index (χ1) is 8.77. The van der Waals surface area contributed by atoms with E-state index in [2.05, 4.69) is 21.6 Å². The second-order valence-electron chi connectivity index (χ2n) is 5.25. The average molecular weight is 283 g/mol. The highest BCUT2D eigenvalue weighted by Gasteiger charge is 2.28. The monoisotopic (exact) mass is 283 g/mol. The van der Waals surface area contributed by atoms with Gasteiger partial charge in [0.2, 0.25) is 0 Å². The van der Waals surface area contributed by atoms with Gasteiger partial charge in [0.1, 0.15) is 5.54 Å². The minimum absolute atomic E-state index is 0.171. The second kappa shape index (κ2) is 6.26. The molecule has 106 valence electrons. The summed E-state index contributed by atoms with van der Waals surface area (Å²) in [7, 11) is 1.68. The van der Waals surface area contributed by atoms with Gasteiger partial charge < -0.3 is 0 Å². The normalized spacial score (nSPS) is 16.1. The van der Waals surface area contributed by atoms with Crippen LogP contribution in [0.5, 0.6) is 0 Å². The molecular formula is C12H21N5OS. The molecule has 2 atom stereocenters. The van der Waals surface area contributed by atoms with Crippen molar-refractivity contribution in [1.29, 1.82) is 5.26 Å². The number of hydrogen-bond donors (Lipinski definition) is 2. The maximum Gasteiger partial charge on any atom is 0.343 e. The van der Waals surface area contributed by atoms with Gasteiger partial charge in [-0.2, -0.15) is 5.26 Å². The predicted molar refractivity (Wildman–Crippen MR) is 76.1 cm³/mol. The summed E-state index contributed by atoms with van der Waals surface area (Å²) in [6, 6.07) is 2.57. The number of H-pyrrole nitrogens is 1. The van der Waals surface area contributed by atoms with Crippen molar-refractivity contribution in [3.63, 3.8) is 0 Å². The molecule has 0 radical (unpaired) electrons. The lowest BCUT2D eigenvalue weighted by Crippen LogP contribution is -2.46. The van der Waals surface area contributed by atoms with E-state index in [0.717, 1.165) is 0 Å². The van der Waals surface area contributed by atoms with Gasteiger partial charge in [-0.15, -0.1) is 5.10 Å². The molecule has 0 aliphatic rings. The van der Waals surface area contributed by atoms with Crippen molar-refractivity contribution in [3.05, 3.63) is 10.5 Å². The number of thioether (sulfide) groups is 1. The Hall–Kier alpha value is -1.26. The van der Waals surface area contributed by atoms with Crippen LogP contribution in [0.2, 0.25) is 0 Å². The Balaban J connectivity index is 2.69. The molecule has 1 heterocycles. The molecule has 1 aromatic heterocycles. The van der Waals surface area contributed by atoms with Gasteiger partial charge in [0.15, 0.2) is 5.16 Å². The van der Waals surface area contributed by atoms with Crippen molar-refractivity contribution in [2.24, 2.45) is 7.05 Å². The van der Waals surface area contributed by atoms with Crippen molar-refractivity contribution >= 4 is 11.8 Å². The van der Waals surface area contributed by atoms with Gasteiger partial charge in [-0.25, -0.2) is 9.89 Å². The van der Waals surface area contributed by atoms with Crippen LogP contribution in [0.1, 0.15) is 34.1 Å². The molecule has 0 aliphatic carbocycles. The number of aromatic amines is 1. The minimum Gasteiger partial charge on any atom is -0.297 e. The van der Waals surface area contributed by atoms with Crippen LogP contribution in [0.15, 0.2) is 9.95 Å². The van der Waals surface area contributed by atoms with E-state index >= 15 is 0 Å². The smallest absolute Gasteiger partial charge is 0.297 e. The van der Waals surface area contributed by atoms with E-state index in [4.69, 9.17) is 0 Å². The maximum absolute atomic E-state index is 11.3. The van der Waals surface area contributed by atoms with E-state index in [0.29, 0.717) is 11.6 Å². The third-order valence-electron chi connectivity index (χ3n) is 2.70. The van der Waals surface area contributed by atoms with Crippen LogP contribution in [0, 0.1) is 11.3 Å². The highest BCUT2D eigenvalue weighted by molar-refractivity contribution is 7.99. The van der Waals surface area contributed by atoms with Crippen molar-refractivity contribution in [2.75, 3.05) is 0 Å². The summed E-state index contributed by atoms with van der Waals surface area (Å²) >= 11 is 1.49. The van der Waals surface area contributed by atoms with Crippen molar-refractivity contribution in [1.82, 2.24) is 20.1 Å². The highest BCUT2D eigenvalue weighted by atomic mass is 32.2. The first kappa shape index (κ1) is 15.8. The Morgan fingerprint density at radius 1 is 1.58 bits per heavy atom. The van der Waals surface area contributed by atoms with Gasteiger partial charge in [-0.1, -0.05) is 18.7 Å². The van der Waals surface area contributed by atoms with Crippen LogP contribution < -0.4 is 11.0 Å². The van der Waals surface area contributed by atoms with Crippen LogP contribution in [0.4, 0.5) is 0 Å². The zero-order valence-corrected chi connectivity index (χ0v) is 12.8. The maximum atomic E-state index is 11.3. The molecule has 7 heteroatoms. The first-order valence-electron chi connectivity index (χ1n) is 6.24. The molecule has 0 amide bonds. The van der Waals surface area contributed by atoms with E-state index in [1.54, 1.807) is 7.05 Å². The predicted octanol–water partition coefficient (Wildman–Crippen LogP) is 1.26. The Morgan fingerprint density at radius 3 is 2.63 bits per heavy atom. The highest BCUT2D eigenvalue weighted by Crippen LogP contribution is 2.26. The van der Waals surface area contributed by atoms with E-state index in [1.807, 2.05) is 27.7 Å². The Labute approximate surface area is 117 Å². The van der Waals surface area contributed by atoms with Crippen molar-refractivity contribution < 1.29 is 0 Å². The number of nitriles is 1. The SMILES string of the molecule is CC(C)NC(C)(C#N)CC(C)Sc1n[nH]c(=O)n1C. The summed E-state index contributed by atoms with van der Waals surface area (Å²) in [6.45, 7) is 7.96. The summed E-state index contributed by atoms with van der Waals surface area (Å²) in [4.78, 5) is 11.3. The van der Waals surface area contributed by atoms with Crippen molar-refractivity contribution in [3.8, 4) is 6.07 Å². The number of aromatic nitrogens is 3. The van der Waals surface area contributed by atoms with E-state index in [1.165, 1.54) is 16.3 Å². The zero-order chi connectivity index (χ0) is 14.6. The lowest BCUT2D eigenvalue weighted by Gasteiger charge is -2.28. The summed E-state index contributed by atoms with van der Waals surface area (Å²) in [5.74, 6) is 0. The van der Waals surface area contributed by atoms with Gasteiger partial charge in [0, 0.05) is 18.3 Å². The molecule has 0 saturated heterocycles. The van der Waals surface area contributed by atoms with Gasteiger partial charge in [0.05, 0.1) is 6.07 Å². The third kappa shape index (κ3) is 4.40. The Kier molecular flexibility index (Phi) is 5.20. The summed E-state index contributed by atoms with van der Waals surface area (Å²) < 4.78 is 1.47. The number of nitrogens with one attached hydrogen (secondary N) is 2. The molecular weight excluding hydrogens is 262 g/mol. The molecule has 0 fully saturated rings. The lowest BCUT2D eigenvalue weighted by molar-refractivity contribution is 0.382. The van der Waals surface area contributed by atoms with E-state index in [9.17, 15) is 10.1 Å². The summed E-state index contributed by atoms with van der Waals surface area (Å²) in [5.41, 5.74) is -0.798. The van der Waals surface area contributed by atoms with Gasteiger partial charge in [0.25, 0.3) is 0 Å². The van der Waals surface area contributed by atoms with Crippen LogP contribution in [-0.2, 0) is 7.05 Å². The molecule has 2 unspecified atom stereocenters. The average Bonchev–Trinajstić information content (AvgIpc) is 2.59. The summed E-state index contributed by atoms with van der Waals surface area (Å²) in [5, 5.41) is 19.8. The lowest BCUT2D eigenvalue weighted by atomic mass is 9.97. The topological polar surface area (TPSA) is 86.5 Å². The van der Waals surface area contributed by atoms with E-state index < -0.39 is 5.54 Å². The quantitative estimate of drug-likeness (QED) is 0.768. The van der Waals surface area contributed by atoms with Crippen LogP contribution >= 0.6 is 11.8 Å². The Bertz CT molecular complexity index is 515. The molecule has 0 spiro atoms. The second-order valence-corrected chi connectivity index (χ2v) is 6.65. The standard InChI is InChI=1S/C12H21N5OS/c1-8(2)14-12(4,7-13)6-9(3)19-11-16-15-10(18)17(11)5/h8-9,14H,6H2,1-5H3,(H,15,18). The molecule has 0 bridgehead atoms. The molecule has 1 rings (SSSR count). The van der Waals surface area contributed by atoms with Gasteiger partial charge in [-0.3, -0.25) is 9.88 Å². The number of hydrogen-bond acceptors (Lipinski definition) is 5. The number of nitrogens with zero attached hydrogens (tertiary/aromatic N) is 3. The van der Waals surface area contributed by atoms with Gasteiger partial charge >= 0.3 is 5.69 Å². The fraction of sp³-hybridized carbons (Fsp3) is 0.750. The fourth-order valence-corrected chi connectivity index (χ4v) is 3.12. The van der Waals surface area contributed by atoms with Crippen molar-refractivity contribution in [2.45, 2.75) is 56.1 Å². The van der Waals surface area contributed by atoms with Gasteiger partial charge in [-0.05, 0) is 27.2 Å². The van der Waals surface area contributed by atoms with Crippen LogP contribution in [0.25, 0.3) is 0 Å². The van der Waals surface area contributed by atoms with Crippen LogP contribution in [0.3, 0.4) is 0 Å². The molecule has 1 aromatic rings. The Morgan fingerprint density at radius 2 is 2.21 bits per heavy atom. The number of rotatable bonds is 6. The first-order valence-corrected chi connectivity index (χ1v) is 7.12. The molecule has 2 N–H and O–H groups in total.